The van der Waals surface area contributed by atoms with Gasteiger partial charge in [0.2, 0.25) is 5.91 Å². The summed E-state index contributed by atoms with van der Waals surface area (Å²) in [6, 6.07) is 11.6. The maximum atomic E-state index is 12.3. The van der Waals surface area contributed by atoms with Crippen LogP contribution in [-0.2, 0) is 38.5 Å². The third-order valence-electron chi connectivity index (χ3n) is 5.59. The summed E-state index contributed by atoms with van der Waals surface area (Å²) < 4.78 is 11.6. The van der Waals surface area contributed by atoms with E-state index in [1.807, 2.05) is 42.6 Å². The van der Waals surface area contributed by atoms with E-state index in [1.165, 1.54) is 0 Å². The Morgan fingerprint density at radius 1 is 1.06 bits per heavy atom. The normalized spacial score (nSPS) is 16.4. The van der Waals surface area contributed by atoms with E-state index in [2.05, 4.69) is 24.1 Å². The molecule has 182 valence electrons. The van der Waals surface area contributed by atoms with Crippen LogP contribution >= 0.6 is 11.8 Å². The van der Waals surface area contributed by atoms with Crippen LogP contribution in [0.5, 0.6) is 0 Å². The topological polar surface area (TPSA) is 94.6 Å². The summed E-state index contributed by atoms with van der Waals surface area (Å²) in [4.78, 5) is 39.9. The molecule has 2 heterocycles. The number of aryl methyl sites for hydroxylation is 1. The van der Waals surface area contributed by atoms with Crippen molar-refractivity contribution in [1.29, 1.82) is 0 Å². The molecule has 34 heavy (non-hydrogen) atoms. The second-order valence-electron chi connectivity index (χ2n) is 8.30. The molecule has 8 heteroatoms. The van der Waals surface area contributed by atoms with Crippen molar-refractivity contribution in [1.82, 2.24) is 10.3 Å². The summed E-state index contributed by atoms with van der Waals surface area (Å²) in [6.45, 7) is 4.73. The summed E-state index contributed by atoms with van der Waals surface area (Å²) in [5.41, 5.74) is 3.74. The molecule has 0 bridgehead atoms. The van der Waals surface area contributed by atoms with Crippen LogP contribution in [0.1, 0.15) is 68.0 Å². The lowest BCUT2D eigenvalue weighted by Gasteiger charge is -2.18. The molecule has 1 aliphatic rings. The van der Waals surface area contributed by atoms with E-state index in [0.29, 0.717) is 25.1 Å². The van der Waals surface area contributed by atoms with Gasteiger partial charge < -0.3 is 9.47 Å². The standard InChI is InChI=1S/C26H32N2O5S/c1-3-5-6-7-24(29)33-22(21-13-12-18(4-2)15-27-21)17-32-16-20-10-8-19(9-11-20)14-23-25(30)28-26(31)34-23/h8-13,15,22-23H,3-7,14,16-17H2,1-2H3,(H,28,30,31)/t22-,23?/m0/s1. The van der Waals surface area contributed by atoms with Crippen molar-refractivity contribution >= 4 is 28.9 Å². The first kappa shape index (κ1) is 25.9. The van der Waals surface area contributed by atoms with Gasteiger partial charge in [0.15, 0.2) is 6.10 Å². The van der Waals surface area contributed by atoms with Crippen LogP contribution < -0.4 is 5.32 Å². The molecule has 0 saturated carbocycles. The first-order valence-electron chi connectivity index (χ1n) is 11.8. The molecule has 2 atom stereocenters. The Hall–Kier alpha value is -2.71. The summed E-state index contributed by atoms with van der Waals surface area (Å²) in [5, 5.41) is 1.64. The number of hydrogen-bond donors (Lipinski definition) is 1. The van der Waals surface area contributed by atoms with E-state index in [0.717, 1.165) is 54.1 Å². The Morgan fingerprint density at radius 3 is 2.41 bits per heavy atom. The van der Waals surface area contributed by atoms with E-state index in [-0.39, 0.29) is 29.0 Å². The summed E-state index contributed by atoms with van der Waals surface area (Å²) in [5.74, 6) is -0.474. The Balaban J connectivity index is 1.54. The van der Waals surface area contributed by atoms with Gasteiger partial charge in [-0.2, -0.15) is 0 Å². The molecular weight excluding hydrogens is 452 g/mol. The number of imide groups is 1. The minimum atomic E-state index is -0.560. The van der Waals surface area contributed by atoms with Gasteiger partial charge >= 0.3 is 5.97 Å². The molecule has 2 amide bonds. The summed E-state index contributed by atoms with van der Waals surface area (Å²) >= 11 is 1.03. The highest BCUT2D eigenvalue weighted by Gasteiger charge is 2.31. The van der Waals surface area contributed by atoms with Crippen molar-refractivity contribution in [3.05, 3.63) is 65.0 Å². The molecule has 2 aromatic rings. The van der Waals surface area contributed by atoms with Crippen LogP contribution in [0, 0.1) is 0 Å². The van der Waals surface area contributed by atoms with Gasteiger partial charge in [-0.3, -0.25) is 24.7 Å². The van der Waals surface area contributed by atoms with Gasteiger partial charge in [0.25, 0.3) is 5.24 Å². The zero-order valence-electron chi connectivity index (χ0n) is 19.7. The van der Waals surface area contributed by atoms with Crippen molar-refractivity contribution < 1.29 is 23.9 Å². The predicted molar refractivity (Wildman–Crippen MR) is 131 cm³/mol. The van der Waals surface area contributed by atoms with Crippen molar-refractivity contribution in [3.63, 3.8) is 0 Å². The predicted octanol–water partition coefficient (Wildman–Crippen LogP) is 4.92. The van der Waals surface area contributed by atoms with Gasteiger partial charge in [0, 0.05) is 12.6 Å². The van der Waals surface area contributed by atoms with Crippen molar-refractivity contribution in [3.8, 4) is 0 Å². The van der Waals surface area contributed by atoms with Crippen LogP contribution in [0.2, 0.25) is 0 Å². The largest absolute Gasteiger partial charge is 0.453 e. The molecule has 1 fully saturated rings. The average molecular weight is 485 g/mol. The number of amides is 2. The number of esters is 1. The van der Waals surface area contributed by atoms with Crippen LogP contribution in [0.4, 0.5) is 4.79 Å². The van der Waals surface area contributed by atoms with Gasteiger partial charge in [-0.25, -0.2) is 0 Å². The highest BCUT2D eigenvalue weighted by atomic mass is 32.2. The van der Waals surface area contributed by atoms with E-state index in [1.54, 1.807) is 0 Å². The fraction of sp³-hybridized carbons (Fsp3) is 0.462. The van der Waals surface area contributed by atoms with Crippen molar-refractivity contribution in [2.75, 3.05) is 6.61 Å². The number of nitrogens with one attached hydrogen (secondary N) is 1. The lowest BCUT2D eigenvalue weighted by atomic mass is 10.1. The van der Waals surface area contributed by atoms with Gasteiger partial charge in [-0.05, 0) is 42.0 Å². The Bertz CT molecular complexity index is 962. The number of nitrogens with zero attached hydrogens (tertiary/aromatic N) is 1. The van der Waals surface area contributed by atoms with Gasteiger partial charge in [-0.15, -0.1) is 0 Å². The van der Waals surface area contributed by atoms with E-state index < -0.39 is 6.10 Å². The highest BCUT2D eigenvalue weighted by molar-refractivity contribution is 8.15. The maximum Gasteiger partial charge on any atom is 0.306 e. The minimum absolute atomic E-state index is 0.209. The first-order chi connectivity index (χ1) is 16.5. The van der Waals surface area contributed by atoms with Gasteiger partial charge in [0.1, 0.15) is 0 Å². The smallest absolute Gasteiger partial charge is 0.306 e. The quantitative estimate of drug-likeness (QED) is 0.318. The van der Waals surface area contributed by atoms with Crippen LogP contribution in [0.25, 0.3) is 0 Å². The van der Waals surface area contributed by atoms with Crippen molar-refractivity contribution in [2.45, 2.75) is 70.3 Å². The first-order valence-corrected chi connectivity index (χ1v) is 12.7. The molecule has 1 N–H and O–H groups in total. The Morgan fingerprint density at radius 2 is 1.79 bits per heavy atom. The zero-order chi connectivity index (χ0) is 24.3. The number of pyridine rings is 1. The minimum Gasteiger partial charge on any atom is -0.453 e. The molecule has 0 spiro atoms. The van der Waals surface area contributed by atoms with E-state index in [4.69, 9.17) is 9.47 Å². The summed E-state index contributed by atoms with van der Waals surface area (Å²) in [7, 11) is 0. The number of hydrogen-bond acceptors (Lipinski definition) is 7. The molecule has 1 aromatic carbocycles. The average Bonchev–Trinajstić information content (AvgIpc) is 3.16. The third-order valence-corrected chi connectivity index (χ3v) is 6.57. The van der Waals surface area contributed by atoms with E-state index in [9.17, 15) is 14.4 Å². The van der Waals surface area contributed by atoms with Crippen molar-refractivity contribution in [2.24, 2.45) is 0 Å². The fourth-order valence-corrected chi connectivity index (χ4v) is 4.41. The Labute approximate surface area is 205 Å². The monoisotopic (exact) mass is 484 g/mol. The highest BCUT2D eigenvalue weighted by Crippen LogP contribution is 2.23. The second-order valence-corrected chi connectivity index (χ2v) is 9.47. The van der Waals surface area contributed by atoms with Gasteiger partial charge in [0.05, 0.1) is 24.2 Å². The second kappa shape index (κ2) is 13.2. The lowest BCUT2D eigenvalue weighted by molar-refractivity contribution is -0.153. The molecule has 7 nitrogen and oxygen atoms in total. The molecule has 0 radical (unpaired) electrons. The number of rotatable bonds is 13. The zero-order valence-corrected chi connectivity index (χ0v) is 20.6. The SMILES string of the molecule is CCCCCC(=O)O[C@@H](COCc1ccc(CC2SC(=O)NC2=O)cc1)c1ccc(CC)cn1. The number of thioether (sulfide) groups is 1. The number of unbranched alkanes of at least 4 members (excludes halogenated alkanes) is 2. The lowest BCUT2D eigenvalue weighted by Crippen LogP contribution is -2.25. The summed E-state index contributed by atoms with van der Waals surface area (Å²) in [6.07, 6.45) is 5.88. The maximum absolute atomic E-state index is 12.3. The van der Waals surface area contributed by atoms with Crippen LogP contribution in [0.15, 0.2) is 42.6 Å². The Kier molecular flexibility index (Phi) is 10.1. The van der Waals surface area contributed by atoms with Crippen LogP contribution in [-0.4, -0.2) is 34.0 Å². The molecular formula is C26H32N2O5S. The number of ether oxygens (including phenoxy) is 2. The molecule has 1 aromatic heterocycles. The molecule has 0 aliphatic carbocycles. The van der Waals surface area contributed by atoms with Crippen LogP contribution in [0.3, 0.4) is 0 Å². The number of benzene rings is 1. The number of carbonyl (C=O) groups excluding carboxylic acids is 3. The van der Waals surface area contributed by atoms with Gasteiger partial charge in [-0.1, -0.05) is 68.8 Å². The fourth-order valence-electron chi connectivity index (χ4n) is 3.55. The molecule has 1 aliphatic heterocycles. The molecule has 1 unspecified atom stereocenters. The number of carbonyl (C=O) groups is 3. The molecule has 1 saturated heterocycles. The third kappa shape index (κ3) is 7.95. The van der Waals surface area contributed by atoms with E-state index >= 15 is 0 Å². The number of aromatic nitrogens is 1. The molecule has 3 rings (SSSR count).